The second kappa shape index (κ2) is 6.42. The van der Waals surface area contributed by atoms with Crippen LogP contribution in [-0.4, -0.2) is 33.8 Å². The summed E-state index contributed by atoms with van der Waals surface area (Å²) in [5.74, 6) is -1.27. The molecule has 1 aromatic heterocycles. The summed E-state index contributed by atoms with van der Waals surface area (Å²) in [4.78, 5) is 21.0. The Kier molecular flexibility index (Phi) is 4.72. The Bertz CT molecular complexity index is 348. The highest BCUT2D eigenvalue weighted by Crippen LogP contribution is 1.87. The lowest BCUT2D eigenvalue weighted by molar-refractivity contribution is 0.0683. The first-order valence-corrected chi connectivity index (χ1v) is 4.46. The number of allylic oxidation sites excluding steroid dienone is 1. The Hall–Kier alpha value is -2.04. The molecule has 15 heavy (non-hydrogen) atoms. The SMILES string of the molecule is C1=CCCN=C1.O=C(O)c1ncccn1. The van der Waals surface area contributed by atoms with Gasteiger partial charge in [-0.15, -0.1) is 0 Å². The van der Waals surface area contributed by atoms with Gasteiger partial charge in [-0.3, -0.25) is 4.99 Å². The summed E-state index contributed by atoms with van der Waals surface area (Å²) in [6, 6.07) is 1.56. The number of carboxylic acids is 1. The Morgan fingerprint density at radius 3 is 2.33 bits per heavy atom. The van der Waals surface area contributed by atoms with E-state index in [0.717, 1.165) is 13.0 Å². The van der Waals surface area contributed by atoms with Gasteiger partial charge in [-0.05, 0) is 18.6 Å². The molecule has 0 bridgehead atoms. The number of carbonyl (C=O) groups is 1. The summed E-state index contributed by atoms with van der Waals surface area (Å²) >= 11 is 0. The van der Waals surface area contributed by atoms with Crippen LogP contribution in [0.4, 0.5) is 0 Å². The van der Waals surface area contributed by atoms with E-state index in [0.29, 0.717) is 0 Å². The third-order valence-electron chi connectivity index (χ3n) is 1.51. The van der Waals surface area contributed by atoms with Crippen LogP contribution in [0.2, 0.25) is 0 Å². The molecule has 2 rings (SSSR count). The molecule has 0 radical (unpaired) electrons. The second-order valence-corrected chi connectivity index (χ2v) is 2.65. The zero-order valence-electron chi connectivity index (χ0n) is 8.08. The van der Waals surface area contributed by atoms with E-state index >= 15 is 0 Å². The van der Waals surface area contributed by atoms with Crippen LogP contribution in [0.25, 0.3) is 0 Å². The zero-order chi connectivity index (χ0) is 10.9. The lowest BCUT2D eigenvalue weighted by Gasteiger charge is -1.88. The highest BCUT2D eigenvalue weighted by atomic mass is 16.4. The largest absolute Gasteiger partial charge is 0.475 e. The van der Waals surface area contributed by atoms with Crippen molar-refractivity contribution in [3.63, 3.8) is 0 Å². The number of aliphatic imine (C=N–C) groups is 1. The zero-order valence-corrected chi connectivity index (χ0v) is 8.08. The second-order valence-electron chi connectivity index (χ2n) is 2.65. The normalized spacial score (nSPS) is 12.8. The van der Waals surface area contributed by atoms with Crippen LogP contribution in [0.3, 0.4) is 0 Å². The maximum atomic E-state index is 10.1. The third kappa shape index (κ3) is 4.66. The molecule has 0 aliphatic carbocycles. The lowest BCUT2D eigenvalue weighted by Crippen LogP contribution is -2.01. The van der Waals surface area contributed by atoms with Gasteiger partial charge in [0.2, 0.25) is 5.82 Å². The smallest absolute Gasteiger partial charge is 0.373 e. The Balaban J connectivity index is 0.000000162. The molecule has 0 atom stereocenters. The van der Waals surface area contributed by atoms with Crippen LogP contribution in [-0.2, 0) is 0 Å². The molecular formula is C10H11N3O2. The Morgan fingerprint density at radius 1 is 1.33 bits per heavy atom. The Morgan fingerprint density at radius 2 is 2.07 bits per heavy atom. The van der Waals surface area contributed by atoms with Crippen molar-refractivity contribution in [3.8, 4) is 0 Å². The molecule has 1 aromatic rings. The topological polar surface area (TPSA) is 75.4 Å². The van der Waals surface area contributed by atoms with Crippen LogP contribution in [0.1, 0.15) is 17.0 Å². The van der Waals surface area contributed by atoms with Gasteiger partial charge in [0, 0.05) is 25.2 Å². The van der Waals surface area contributed by atoms with Crippen LogP contribution < -0.4 is 0 Å². The highest BCUT2D eigenvalue weighted by molar-refractivity contribution is 5.82. The van der Waals surface area contributed by atoms with E-state index in [1.165, 1.54) is 12.4 Å². The van der Waals surface area contributed by atoms with Gasteiger partial charge in [-0.2, -0.15) is 0 Å². The molecule has 5 nitrogen and oxygen atoms in total. The monoisotopic (exact) mass is 205 g/mol. The van der Waals surface area contributed by atoms with Gasteiger partial charge in [0.25, 0.3) is 0 Å². The number of aromatic carboxylic acids is 1. The molecule has 1 aliphatic heterocycles. The molecule has 0 amide bonds. The molecule has 0 unspecified atom stereocenters. The number of carboxylic acid groups (broad SMARTS) is 1. The van der Waals surface area contributed by atoms with Gasteiger partial charge in [0.15, 0.2) is 0 Å². The molecule has 1 N–H and O–H groups in total. The van der Waals surface area contributed by atoms with E-state index in [4.69, 9.17) is 5.11 Å². The summed E-state index contributed by atoms with van der Waals surface area (Å²) in [6.45, 7) is 0.983. The number of hydrogen-bond donors (Lipinski definition) is 1. The molecule has 0 spiro atoms. The fourth-order valence-corrected chi connectivity index (χ4v) is 0.851. The molecule has 78 valence electrons. The Labute approximate surface area is 87.2 Å². The predicted molar refractivity (Wildman–Crippen MR) is 56.1 cm³/mol. The molecule has 2 heterocycles. The average molecular weight is 205 g/mol. The van der Waals surface area contributed by atoms with Crippen LogP contribution >= 0.6 is 0 Å². The fourth-order valence-electron chi connectivity index (χ4n) is 0.851. The van der Waals surface area contributed by atoms with Crippen LogP contribution in [0.15, 0.2) is 35.6 Å². The number of aromatic nitrogens is 2. The molecule has 0 saturated carbocycles. The van der Waals surface area contributed by atoms with E-state index in [9.17, 15) is 4.79 Å². The van der Waals surface area contributed by atoms with E-state index in [2.05, 4.69) is 21.0 Å². The van der Waals surface area contributed by atoms with Gasteiger partial charge in [0.1, 0.15) is 0 Å². The molecule has 1 aliphatic rings. The van der Waals surface area contributed by atoms with Gasteiger partial charge in [-0.1, -0.05) is 6.08 Å². The van der Waals surface area contributed by atoms with Gasteiger partial charge >= 0.3 is 5.97 Å². The first-order chi connectivity index (χ1) is 7.30. The van der Waals surface area contributed by atoms with Crippen molar-refractivity contribution >= 4 is 12.2 Å². The van der Waals surface area contributed by atoms with E-state index < -0.39 is 5.97 Å². The minimum absolute atomic E-state index is 0.169. The van der Waals surface area contributed by atoms with Gasteiger partial charge < -0.3 is 5.11 Å². The van der Waals surface area contributed by atoms with E-state index in [1.54, 1.807) is 6.07 Å². The van der Waals surface area contributed by atoms with Gasteiger partial charge in [0.05, 0.1) is 0 Å². The van der Waals surface area contributed by atoms with Crippen LogP contribution in [0, 0.1) is 0 Å². The fraction of sp³-hybridized carbons (Fsp3) is 0.200. The molecular weight excluding hydrogens is 194 g/mol. The van der Waals surface area contributed by atoms with Crippen molar-refractivity contribution in [3.05, 3.63) is 36.4 Å². The third-order valence-corrected chi connectivity index (χ3v) is 1.51. The van der Waals surface area contributed by atoms with Gasteiger partial charge in [-0.25, -0.2) is 14.8 Å². The summed E-state index contributed by atoms with van der Waals surface area (Å²) < 4.78 is 0. The number of rotatable bonds is 1. The van der Waals surface area contributed by atoms with Crippen molar-refractivity contribution in [1.82, 2.24) is 9.97 Å². The molecule has 5 heteroatoms. The van der Waals surface area contributed by atoms with E-state index in [1.807, 2.05) is 12.3 Å². The number of nitrogens with zero attached hydrogens (tertiary/aromatic N) is 3. The number of dihydropyridines is 1. The molecule has 0 saturated heterocycles. The van der Waals surface area contributed by atoms with Crippen molar-refractivity contribution in [2.24, 2.45) is 4.99 Å². The average Bonchev–Trinajstić information content (AvgIpc) is 2.33. The quantitative estimate of drug-likeness (QED) is 0.747. The minimum Gasteiger partial charge on any atom is -0.475 e. The number of hydrogen-bond acceptors (Lipinski definition) is 4. The first kappa shape index (κ1) is 11.0. The summed E-state index contributed by atoms with van der Waals surface area (Å²) in [6.07, 6.45) is 9.82. The lowest BCUT2D eigenvalue weighted by atomic mass is 10.3. The summed E-state index contributed by atoms with van der Waals surface area (Å²) in [5.41, 5.74) is 0. The summed E-state index contributed by atoms with van der Waals surface area (Å²) in [5, 5.41) is 8.26. The van der Waals surface area contributed by atoms with E-state index in [-0.39, 0.29) is 5.82 Å². The maximum absolute atomic E-state index is 10.1. The molecule has 0 aromatic carbocycles. The van der Waals surface area contributed by atoms with Crippen LogP contribution in [0.5, 0.6) is 0 Å². The van der Waals surface area contributed by atoms with Crippen molar-refractivity contribution < 1.29 is 9.90 Å². The standard InChI is InChI=1S/C5H4N2O2.C5H7N/c8-5(9)4-6-2-1-3-7-4;1-2-4-6-5-3-1/h1-3H,(H,8,9);1-2,4H,3,5H2. The summed E-state index contributed by atoms with van der Waals surface area (Å²) in [7, 11) is 0. The van der Waals surface area contributed by atoms with Crippen molar-refractivity contribution in [2.45, 2.75) is 6.42 Å². The maximum Gasteiger partial charge on any atom is 0.373 e. The highest BCUT2D eigenvalue weighted by Gasteiger charge is 2.01. The minimum atomic E-state index is -1.10. The molecule has 0 fully saturated rings. The predicted octanol–water partition coefficient (Wildman–Crippen LogP) is 1.19. The van der Waals surface area contributed by atoms with Crippen molar-refractivity contribution in [1.29, 1.82) is 0 Å². The van der Waals surface area contributed by atoms with Crippen molar-refractivity contribution in [2.75, 3.05) is 6.54 Å². The first-order valence-electron chi connectivity index (χ1n) is 4.46.